The van der Waals surface area contributed by atoms with Crippen molar-refractivity contribution in [2.24, 2.45) is 0 Å². The summed E-state index contributed by atoms with van der Waals surface area (Å²) in [5.74, 6) is -0.00123. The highest BCUT2D eigenvalue weighted by atomic mass is 35.5. The van der Waals surface area contributed by atoms with E-state index in [9.17, 15) is 4.79 Å². The largest absolute Gasteiger partial charge is 0.350 e. The van der Waals surface area contributed by atoms with Crippen LogP contribution in [0, 0.1) is 0 Å². The number of carbonyl (C=O) groups excluding carboxylic acids is 1. The van der Waals surface area contributed by atoms with Gasteiger partial charge in [0.2, 0.25) is 5.91 Å². The molecule has 0 atom stereocenters. The number of hydrogen-bond acceptors (Lipinski definition) is 4. The fourth-order valence-corrected chi connectivity index (χ4v) is 2.61. The summed E-state index contributed by atoms with van der Waals surface area (Å²) in [5.41, 5.74) is 1.89. The SMILES string of the molecule is CC(C)(C)NC(=O)CNCc1cn[nH]c1-c1cccs1.Cl. The molecular weight excluding hydrogens is 308 g/mol. The lowest BCUT2D eigenvalue weighted by molar-refractivity contribution is -0.121. The topological polar surface area (TPSA) is 69.8 Å². The van der Waals surface area contributed by atoms with Crippen molar-refractivity contribution < 1.29 is 4.79 Å². The van der Waals surface area contributed by atoms with Crippen LogP contribution in [0.25, 0.3) is 10.6 Å². The third kappa shape index (κ3) is 5.49. The lowest BCUT2D eigenvalue weighted by Gasteiger charge is -2.20. The smallest absolute Gasteiger partial charge is 0.234 e. The van der Waals surface area contributed by atoms with Gasteiger partial charge in [0, 0.05) is 17.6 Å². The number of H-pyrrole nitrogens is 1. The number of nitrogens with zero attached hydrogens (tertiary/aromatic N) is 1. The van der Waals surface area contributed by atoms with E-state index in [0.717, 1.165) is 16.1 Å². The molecule has 2 aromatic rings. The summed E-state index contributed by atoms with van der Waals surface area (Å²) in [7, 11) is 0. The number of hydrogen-bond donors (Lipinski definition) is 3. The van der Waals surface area contributed by atoms with Gasteiger partial charge in [0.1, 0.15) is 0 Å². The van der Waals surface area contributed by atoms with E-state index in [1.807, 2.05) is 38.3 Å². The second-order valence-corrected chi connectivity index (χ2v) is 6.60. The lowest BCUT2D eigenvalue weighted by atomic mass is 10.1. The van der Waals surface area contributed by atoms with Crippen LogP contribution in [0.2, 0.25) is 0 Å². The van der Waals surface area contributed by atoms with E-state index < -0.39 is 0 Å². The van der Waals surface area contributed by atoms with Gasteiger partial charge in [-0.25, -0.2) is 0 Å². The minimum Gasteiger partial charge on any atom is -0.350 e. The van der Waals surface area contributed by atoms with Crippen molar-refractivity contribution in [1.82, 2.24) is 20.8 Å². The van der Waals surface area contributed by atoms with Crippen LogP contribution in [0.1, 0.15) is 26.3 Å². The van der Waals surface area contributed by atoms with Gasteiger partial charge in [-0.15, -0.1) is 23.7 Å². The maximum absolute atomic E-state index is 11.7. The molecule has 0 aliphatic carbocycles. The highest BCUT2D eigenvalue weighted by Gasteiger charge is 2.13. The first-order valence-corrected chi connectivity index (χ1v) is 7.41. The summed E-state index contributed by atoms with van der Waals surface area (Å²) in [6, 6.07) is 4.06. The first kappa shape index (κ1) is 17.7. The predicted molar refractivity (Wildman–Crippen MR) is 88.8 cm³/mol. The molecule has 0 unspecified atom stereocenters. The maximum atomic E-state index is 11.7. The predicted octanol–water partition coefficient (Wildman–Crippen LogP) is 2.56. The summed E-state index contributed by atoms with van der Waals surface area (Å²) in [4.78, 5) is 12.9. The number of carbonyl (C=O) groups is 1. The first-order chi connectivity index (χ1) is 9.46. The van der Waals surface area contributed by atoms with Gasteiger partial charge in [-0.3, -0.25) is 9.89 Å². The molecule has 2 heterocycles. The zero-order chi connectivity index (χ0) is 14.6. The van der Waals surface area contributed by atoms with Crippen molar-refractivity contribution in [3.05, 3.63) is 29.3 Å². The van der Waals surface area contributed by atoms with Crippen LogP contribution in [0.5, 0.6) is 0 Å². The quantitative estimate of drug-likeness (QED) is 0.790. The average Bonchev–Trinajstić information content (AvgIpc) is 2.95. The van der Waals surface area contributed by atoms with Crippen LogP contribution in [0.3, 0.4) is 0 Å². The summed E-state index contributed by atoms with van der Waals surface area (Å²) in [6.45, 7) is 6.81. The molecule has 0 spiro atoms. The van der Waals surface area contributed by atoms with Crippen molar-refractivity contribution in [1.29, 1.82) is 0 Å². The van der Waals surface area contributed by atoms with Crippen molar-refractivity contribution >= 4 is 29.7 Å². The van der Waals surface area contributed by atoms with Crippen LogP contribution in [0.4, 0.5) is 0 Å². The van der Waals surface area contributed by atoms with E-state index in [2.05, 4.69) is 20.8 Å². The second-order valence-electron chi connectivity index (χ2n) is 5.65. The number of rotatable bonds is 5. The fourth-order valence-electron chi connectivity index (χ4n) is 1.85. The molecule has 2 aromatic heterocycles. The van der Waals surface area contributed by atoms with Gasteiger partial charge in [-0.05, 0) is 32.2 Å². The molecule has 0 aliphatic heterocycles. The number of amides is 1. The Morgan fingerprint density at radius 1 is 1.43 bits per heavy atom. The van der Waals surface area contributed by atoms with Crippen molar-refractivity contribution in [3.8, 4) is 10.6 Å². The second kappa shape index (κ2) is 7.59. The first-order valence-electron chi connectivity index (χ1n) is 6.53. The van der Waals surface area contributed by atoms with E-state index in [1.54, 1.807) is 17.5 Å². The lowest BCUT2D eigenvalue weighted by Crippen LogP contribution is -2.44. The number of nitrogens with one attached hydrogen (secondary N) is 3. The Morgan fingerprint density at radius 3 is 2.81 bits per heavy atom. The minimum atomic E-state index is -0.198. The molecule has 0 aromatic carbocycles. The summed E-state index contributed by atoms with van der Waals surface area (Å²) in [5, 5.41) is 15.2. The van der Waals surface area contributed by atoms with E-state index in [-0.39, 0.29) is 23.9 Å². The van der Waals surface area contributed by atoms with Crippen molar-refractivity contribution in [3.63, 3.8) is 0 Å². The standard InChI is InChI=1S/C14H20N4OS.ClH/c1-14(2,3)17-12(19)9-15-7-10-8-16-18-13(10)11-5-4-6-20-11;/h4-6,8,15H,7,9H2,1-3H3,(H,16,18)(H,17,19);1H. The monoisotopic (exact) mass is 328 g/mol. The Hall–Kier alpha value is -1.37. The van der Waals surface area contributed by atoms with Gasteiger partial charge in [0.15, 0.2) is 0 Å². The van der Waals surface area contributed by atoms with Gasteiger partial charge < -0.3 is 10.6 Å². The van der Waals surface area contributed by atoms with Crippen molar-refractivity contribution in [2.75, 3.05) is 6.54 Å². The molecule has 21 heavy (non-hydrogen) atoms. The molecule has 5 nitrogen and oxygen atoms in total. The normalized spacial score (nSPS) is 11.0. The minimum absolute atomic E-state index is 0. The molecule has 7 heteroatoms. The fraction of sp³-hybridized carbons (Fsp3) is 0.429. The third-order valence-corrected chi connectivity index (χ3v) is 3.49. The average molecular weight is 329 g/mol. The Balaban J connectivity index is 0.00000220. The summed E-state index contributed by atoms with van der Waals surface area (Å²) in [6.07, 6.45) is 1.80. The van der Waals surface area contributed by atoms with Gasteiger partial charge in [-0.2, -0.15) is 5.10 Å². The van der Waals surface area contributed by atoms with Gasteiger partial charge in [0.05, 0.1) is 23.3 Å². The molecule has 0 fully saturated rings. The zero-order valence-corrected chi connectivity index (χ0v) is 14.0. The maximum Gasteiger partial charge on any atom is 0.234 e. The van der Waals surface area contributed by atoms with Crippen LogP contribution >= 0.6 is 23.7 Å². The Kier molecular flexibility index (Phi) is 6.39. The zero-order valence-electron chi connectivity index (χ0n) is 12.4. The molecule has 2 rings (SSSR count). The molecule has 3 N–H and O–H groups in total. The third-order valence-electron chi connectivity index (χ3n) is 2.60. The highest BCUT2D eigenvalue weighted by Crippen LogP contribution is 2.25. The van der Waals surface area contributed by atoms with Crippen LogP contribution < -0.4 is 10.6 Å². The van der Waals surface area contributed by atoms with Crippen LogP contribution in [-0.2, 0) is 11.3 Å². The van der Waals surface area contributed by atoms with Crippen LogP contribution in [-0.4, -0.2) is 28.2 Å². The molecule has 0 radical (unpaired) electrons. The molecule has 1 amide bonds. The molecule has 0 aliphatic rings. The highest BCUT2D eigenvalue weighted by molar-refractivity contribution is 7.13. The number of aromatic amines is 1. The molecule has 0 saturated carbocycles. The summed E-state index contributed by atoms with van der Waals surface area (Å²) < 4.78 is 0. The van der Waals surface area contributed by atoms with E-state index >= 15 is 0 Å². The molecular formula is C14H21ClN4OS. The number of halogens is 1. The Bertz CT molecular complexity index is 560. The van der Waals surface area contributed by atoms with E-state index in [0.29, 0.717) is 13.1 Å². The van der Waals surface area contributed by atoms with Crippen molar-refractivity contribution in [2.45, 2.75) is 32.9 Å². The molecule has 0 bridgehead atoms. The van der Waals surface area contributed by atoms with E-state index in [1.165, 1.54) is 0 Å². The van der Waals surface area contributed by atoms with Gasteiger partial charge >= 0.3 is 0 Å². The van der Waals surface area contributed by atoms with Crippen LogP contribution in [0.15, 0.2) is 23.7 Å². The Morgan fingerprint density at radius 2 is 2.19 bits per heavy atom. The van der Waals surface area contributed by atoms with Gasteiger partial charge in [0.25, 0.3) is 0 Å². The summed E-state index contributed by atoms with van der Waals surface area (Å²) >= 11 is 1.66. The number of thiophene rings is 1. The Labute approximate surface area is 134 Å². The number of aromatic nitrogens is 2. The molecule has 116 valence electrons. The molecule has 0 saturated heterocycles. The van der Waals surface area contributed by atoms with Gasteiger partial charge in [-0.1, -0.05) is 6.07 Å². The van der Waals surface area contributed by atoms with E-state index in [4.69, 9.17) is 0 Å².